The zero-order valence-corrected chi connectivity index (χ0v) is 15.7. The first-order chi connectivity index (χ1) is 12.0. The summed E-state index contributed by atoms with van der Waals surface area (Å²) in [4.78, 5) is 13.1. The van der Waals surface area contributed by atoms with Gasteiger partial charge in [0.15, 0.2) is 6.10 Å². The van der Waals surface area contributed by atoms with Crippen LogP contribution in [0.5, 0.6) is 5.75 Å². The van der Waals surface area contributed by atoms with Crippen LogP contribution in [0.25, 0.3) is 0 Å². The minimum atomic E-state index is -0.707. The van der Waals surface area contributed by atoms with Crippen molar-refractivity contribution in [1.82, 2.24) is 0 Å². The number of carbonyl (C=O) groups excluding carboxylic acids is 1. The highest BCUT2D eigenvalue weighted by atomic mass is 32.1. The summed E-state index contributed by atoms with van der Waals surface area (Å²) < 4.78 is 18.0. The number of rotatable bonds is 5. The first kappa shape index (κ1) is 17.8. The van der Waals surface area contributed by atoms with Crippen molar-refractivity contribution in [3.63, 3.8) is 0 Å². The maximum Gasteiger partial charge on any atom is 0.348 e. The molecule has 134 valence electrons. The molecule has 2 unspecified atom stereocenters. The minimum Gasteiger partial charge on any atom is -0.483 e. The number of anilines is 1. The van der Waals surface area contributed by atoms with E-state index < -0.39 is 11.7 Å². The van der Waals surface area contributed by atoms with Crippen LogP contribution in [0.2, 0.25) is 0 Å². The Kier molecular flexibility index (Phi) is 5.01. The van der Waals surface area contributed by atoms with Gasteiger partial charge in [0.25, 0.3) is 0 Å². The van der Waals surface area contributed by atoms with Gasteiger partial charge in [-0.05, 0) is 50.4 Å². The smallest absolute Gasteiger partial charge is 0.348 e. The summed E-state index contributed by atoms with van der Waals surface area (Å²) in [6.45, 7) is 6.28. The van der Waals surface area contributed by atoms with E-state index in [2.05, 4.69) is 5.32 Å². The lowest BCUT2D eigenvalue weighted by Crippen LogP contribution is -2.51. The van der Waals surface area contributed by atoms with E-state index in [1.807, 2.05) is 57.5 Å². The van der Waals surface area contributed by atoms with E-state index in [9.17, 15) is 4.79 Å². The molecule has 3 rings (SSSR count). The quantitative estimate of drug-likeness (QED) is 0.806. The number of hydrogen-bond acceptors (Lipinski definition) is 6. The van der Waals surface area contributed by atoms with E-state index in [4.69, 9.17) is 14.2 Å². The third-order valence-corrected chi connectivity index (χ3v) is 5.09. The maximum atomic E-state index is 12.5. The number of carbonyl (C=O) groups is 1. The monoisotopic (exact) mass is 361 g/mol. The molecular weight excluding hydrogens is 338 g/mol. The summed E-state index contributed by atoms with van der Waals surface area (Å²) in [7, 11) is 1.86. The summed E-state index contributed by atoms with van der Waals surface area (Å²) in [5.74, 6) is 0.403. The van der Waals surface area contributed by atoms with Gasteiger partial charge in [-0.1, -0.05) is 6.07 Å². The van der Waals surface area contributed by atoms with Crippen LogP contribution in [0.4, 0.5) is 5.69 Å². The van der Waals surface area contributed by atoms with Crippen molar-refractivity contribution in [3.8, 4) is 5.75 Å². The molecule has 6 heteroatoms. The van der Waals surface area contributed by atoms with Crippen molar-refractivity contribution in [3.05, 3.63) is 46.2 Å². The van der Waals surface area contributed by atoms with E-state index in [-0.39, 0.29) is 12.1 Å². The first-order valence-corrected chi connectivity index (χ1v) is 9.21. The van der Waals surface area contributed by atoms with Crippen molar-refractivity contribution < 1.29 is 19.0 Å². The molecular formula is C19H23NO4S. The van der Waals surface area contributed by atoms with Crippen LogP contribution in [-0.2, 0) is 9.47 Å². The van der Waals surface area contributed by atoms with Crippen molar-refractivity contribution >= 4 is 23.0 Å². The normalized spacial score (nSPS) is 21.1. The zero-order chi connectivity index (χ0) is 18.0. The molecule has 1 N–H and O–H groups in total. The van der Waals surface area contributed by atoms with E-state index >= 15 is 0 Å². The highest BCUT2D eigenvalue weighted by Crippen LogP contribution is 2.44. The van der Waals surface area contributed by atoms with E-state index in [1.54, 1.807) is 6.07 Å². The number of ether oxygens (including phenoxy) is 3. The molecule has 5 nitrogen and oxygen atoms in total. The van der Waals surface area contributed by atoms with Crippen molar-refractivity contribution in [2.24, 2.45) is 0 Å². The van der Waals surface area contributed by atoms with E-state index in [0.717, 1.165) is 17.0 Å². The molecule has 1 aliphatic rings. The SMILES string of the molecule is CCOC1c2cc(NC)ccc2OC(C)(C)C1OC(=O)c1cccs1. The number of hydrogen-bond donors (Lipinski definition) is 1. The van der Waals surface area contributed by atoms with Crippen LogP contribution < -0.4 is 10.1 Å². The third-order valence-electron chi connectivity index (χ3n) is 4.24. The Morgan fingerprint density at radius 1 is 1.36 bits per heavy atom. The molecule has 0 bridgehead atoms. The third kappa shape index (κ3) is 3.50. The van der Waals surface area contributed by atoms with Crippen molar-refractivity contribution in [2.75, 3.05) is 19.0 Å². The maximum absolute atomic E-state index is 12.5. The molecule has 0 radical (unpaired) electrons. The van der Waals surface area contributed by atoms with Crippen LogP contribution in [0, 0.1) is 0 Å². The molecule has 2 atom stereocenters. The highest BCUT2D eigenvalue weighted by Gasteiger charge is 2.47. The number of nitrogens with one attached hydrogen (secondary N) is 1. The van der Waals surface area contributed by atoms with Crippen LogP contribution in [0.1, 0.15) is 42.1 Å². The van der Waals surface area contributed by atoms with Gasteiger partial charge in [0.05, 0.1) is 0 Å². The minimum absolute atomic E-state index is 0.352. The fraction of sp³-hybridized carbons (Fsp3) is 0.421. The summed E-state index contributed by atoms with van der Waals surface area (Å²) in [6.07, 6.45) is -0.942. The molecule has 0 saturated carbocycles. The number of thiophene rings is 1. The van der Waals surface area contributed by atoms with E-state index in [1.165, 1.54) is 11.3 Å². The number of fused-ring (bicyclic) bond motifs is 1. The largest absolute Gasteiger partial charge is 0.483 e. The van der Waals surface area contributed by atoms with Gasteiger partial charge in [-0.2, -0.15) is 0 Å². The molecule has 1 aliphatic heterocycles. The molecule has 0 aliphatic carbocycles. The summed E-state index contributed by atoms with van der Waals surface area (Å²) in [5, 5.41) is 4.98. The molecule has 1 aromatic carbocycles. The van der Waals surface area contributed by atoms with Crippen molar-refractivity contribution in [2.45, 2.75) is 38.6 Å². The lowest BCUT2D eigenvalue weighted by atomic mass is 9.88. The fourth-order valence-corrected chi connectivity index (χ4v) is 3.62. The Hall–Kier alpha value is -2.05. The van der Waals surface area contributed by atoms with Gasteiger partial charge in [0, 0.05) is 24.9 Å². The second-order valence-electron chi connectivity index (χ2n) is 6.39. The predicted molar refractivity (Wildman–Crippen MR) is 98.6 cm³/mol. The van der Waals surface area contributed by atoms with Crippen LogP contribution in [-0.4, -0.2) is 31.3 Å². The predicted octanol–water partition coefficient (Wildman–Crippen LogP) is 4.26. The molecule has 1 aromatic heterocycles. The lowest BCUT2D eigenvalue weighted by molar-refractivity contribution is -0.137. The van der Waals surface area contributed by atoms with Gasteiger partial charge < -0.3 is 19.5 Å². The molecule has 25 heavy (non-hydrogen) atoms. The molecule has 2 aromatic rings. The Bertz CT molecular complexity index is 742. The van der Waals surface area contributed by atoms with Gasteiger partial charge in [-0.3, -0.25) is 0 Å². The van der Waals surface area contributed by atoms with E-state index in [0.29, 0.717) is 11.5 Å². The van der Waals surface area contributed by atoms with Gasteiger partial charge in [-0.25, -0.2) is 4.79 Å². The second kappa shape index (κ2) is 7.06. The topological polar surface area (TPSA) is 56.8 Å². The van der Waals surface area contributed by atoms with Crippen LogP contribution in [0.15, 0.2) is 35.7 Å². The lowest BCUT2D eigenvalue weighted by Gasteiger charge is -2.43. The van der Waals surface area contributed by atoms with Gasteiger partial charge in [0.1, 0.15) is 22.3 Å². The summed E-state index contributed by atoms with van der Waals surface area (Å²) in [6, 6.07) is 9.45. The molecule has 2 heterocycles. The van der Waals surface area contributed by atoms with Crippen LogP contribution >= 0.6 is 11.3 Å². The Morgan fingerprint density at radius 2 is 2.16 bits per heavy atom. The average molecular weight is 361 g/mol. The molecule has 0 fully saturated rings. The average Bonchev–Trinajstić information content (AvgIpc) is 3.12. The van der Waals surface area contributed by atoms with Gasteiger partial charge in [-0.15, -0.1) is 11.3 Å². The molecule has 0 amide bonds. The van der Waals surface area contributed by atoms with Crippen molar-refractivity contribution in [1.29, 1.82) is 0 Å². The Balaban J connectivity index is 1.97. The summed E-state index contributed by atoms with van der Waals surface area (Å²) in [5.41, 5.74) is 1.13. The molecule has 0 saturated heterocycles. The van der Waals surface area contributed by atoms with Gasteiger partial charge in [0.2, 0.25) is 0 Å². The second-order valence-corrected chi connectivity index (χ2v) is 7.33. The Morgan fingerprint density at radius 3 is 2.80 bits per heavy atom. The first-order valence-electron chi connectivity index (χ1n) is 8.33. The Labute approximate surface area is 151 Å². The fourth-order valence-electron chi connectivity index (χ4n) is 3.02. The summed E-state index contributed by atoms with van der Waals surface area (Å²) >= 11 is 1.36. The highest BCUT2D eigenvalue weighted by molar-refractivity contribution is 7.11. The zero-order valence-electron chi connectivity index (χ0n) is 14.9. The standard InChI is InChI=1S/C19H23NO4S/c1-5-22-16-13-11-12(20-4)8-9-14(13)24-19(2,3)17(16)23-18(21)15-7-6-10-25-15/h6-11,16-17,20H,5H2,1-4H3. The number of benzene rings is 1. The van der Waals surface area contributed by atoms with Crippen LogP contribution in [0.3, 0.4) is 0 Å². The van der Waals surface area contributed by atoms with Gasteiger partial charge >= 0.3 is 5.97 Å². The number of esters is 1. The molecule has 0 spiro atoms.